The Morgan fingerprint density at radius 3 is 2.18 bits per heavy atom. The lowest BCUT2D eigenvalue weighted by atomic mass is 10.1. The molecule has 0 aliphatic carbocycles. The third kappa shape index (κ3) is 5.19. The number of esters is 1. The number of pyridine rings is 2. The van der Waals surface area contributed by atoms with Gasteiger partial charge in [-0.3, -0.25) is 0 Å². The van der Waals surface area contributed by atoms with E-state index < -0.39 is 46.7 Å². The van der Waals surface area contributed by atoms with Crippen molar-refractivity contribution in [2.45, 2.75) is 31.3 Å². The number of hydrogen-bond donors (Lipinski definition) is 0. The van der Waals surface area contributed by atoms with Crippen LogP contribution in [0.2, 0.25) is 5.02 Å². The van der Waals surface area contributed by atoms with Crippen LogP contribution in [0.3, 0.4) is 0 Å². The van der Waals surface area contributed by atoms with Crippen molar-refractivity contribution in [1.29, 1.82) is 0 Å². The summed E-state index contributed by atoms with van der Waals surface area (Å²) in [6.07, 6.45) is -9.65. The monoisotopic (exact) mass is 503 g/mol. The molecular weight excluding hydrogens is 488 g/mol. The number of piperidine rings is 1. The average molecular weight is 504 g/mol. The van der Waals surface area contributed by atoms with Crippen molar-refractivity contribution >= 4 is 34.4 Å². The molecule has 0 spiro atoms. The molecule has 0 radical (unpaired) electrons. The number of fused-ring (bicyclic) bond motifs is 1. The van der Waals surface area contributed by atoms with Gasteiger partial charge in [0.25, 0.3) is 0 Å². The molecule has 0 saturated carbocycles. The highest BCUT2D eigenvalue weighted by molar-refractivity contribution is 6.30. The van der Waals surface area contributed by atoms with Crippen molar-refractivity contribution < 1.29 is 35.9 Å². The molecule has 0 atom stereocenters. The van der Waals surface area contributed by atoms with Gasteiger partial charge < -0.3 is 9.64 Å². The topological polar surface area (TPSA) is 55.3 Å². The van der Waals surface area contributed by atoms with Crippen molar-refractivity contribution in [2.75, 3.05) is 18.0 Å². The van der Waals surface area contributed by atoms with Crippen LogP contribution < -0.4 is 4.90 Å². The first-order valence-electron chi connectivity index (χ1n) is 10.1. The predicted molar refractivity (Wildman–Crippen MR) is 112 cm³/mol. The molecule has 0 bridgehead atoms. The number of carbonyl (C=O) groups excluding carboxylic acids is 1. The van der Waals surface area contributed by atoms with Gasteiger partial charge in [-0.05, 0) is 42.5 Å². The first-order chi connectivity index (χ1) is 15.9. The number of rotatable bonds is 3. The number of halogens is 7. The lowest BCUT2D eigenvalue weighted by Crippen LogP contribution is -2.38. The standard InChI is InChI=1S/C22H16ClF6N3O2/c23-13-3-1-12(2-4-13)20(33)34-14-7-9-32(10-8-14)18-6-5-15-16(21(24,25)26)11-17(22(27,28)29)30-19(15)31-18/h1-6,11,14H,7-10H2. The Bertz CT molecular complexity index is 1210. The molecule has 4 rings (SSSR count). The van der Waals surface area contributed by atoms with Gasteiger partial charge in [-0.15, -0.1) is 0 Å². The summed E-state index contributed by atoms with van der Waals surface area (Å²) in [5.41, 5.74) is -3.41. The van der Waals surface area contributed by atoms with Gasteiger partial charge in [-0.2, -0.15) is 26.3 Å². The lowest BCUT2D eigenvalue weighted by Gasteiger charge is -2.32. The molecule has 0 unspecified atom stereocenters. The number of anilines is 1. The summed E-state index contributed by atoms with van der Waals surface area (Å²) >= 11 is 5.80. The van der Waals surface area contributed by atoms with E-state index in [1.165, 1.54) is 18.2 Å². The van der Waals surface area contributed by atoms with Gasteiger partial charge in [0.15, 0.2) is 5.65 Å². The molecule has 34 heavy (non-hydrogen) atoms. The molecule has 0 N–H and O–H groups in total. The molecule has 1 aliphatic rings. The van der Waals surface area contributed by atoms with Crippen molar-refractivity contribution in [3.63, 3.8) is 0 Å². The summed E-state index contributed by atoms with van der Waals surface area (Å²) in [4.78, 5) is 21.3. The highest BCUT2D eigenvalue weighted by Crippen LogP contribution is 2.38. The molecule has 2 aromatic heterocycles. The van der Waals surface area contributed by atoms with Crippen LogP contribution in [0.1, 0.15) is 34.5 Å². The number of ether oxygens (including phenoxy) is 1. The maximum Gasteiger partial charge on any atom is 0.433 e. The van der Waals surface area contributed by atoms with E-state index in [0.29, 0.717) is 36.5 Å². The van der Waals surface area contributed by atoms with E-state index in [2.05, 4.69) is 9.97 Å². The van der Waals surface area contributed by atoms with Crippen molar-refractivity contribution in [1.82, 2.24) is 9.97 Å². The number of nitrogens with zero attached hydrogens (tertiary/aromatic N) is 3. The predicted octanol–water partition coefficient (Wildman–Crippen LogP) is 6.15. The Kier molecular flexibility index (Phi) is 6.32. The highest BCUT2D eigenvalue weighted by atomic mass is 35.5. The van der Waals surface area contributed by atoms with Crippen LogP contribution in [-0.4, -0.2) is 35.1 Å². The van der Waals surface area contributed by atoms with Crippen LogP contribution in [0.15, 0.2) is 42.5 Å². The third-order valence-corrected chi connectivity index (χ3v) is 5.63. The van der Waals surface area contributed by atoms with Gasteiger partial charge in [-0.25, -0.2) is 14.8 Å². The van der Waals surface area contributed by atoms with E-state index in [1.54, 1.807) is 17.0 Å². The second-order valence-electron chi connectivity index (χ2n) is 7.69. The zero-order valence-corrected chi connectivity index (χ0v) is 18.0. The second kappa shape index (κ2) is 8.94. The van der Waals surface area contributed by atoms with Gasteiger partial charge in [0.2, 0.25) is 0 Å². The highest BCUT2D eigenvalue weighted by Gasteiger charge is 2.39. The van der Waals surface area contributed by atoms with Crippen LogP contribution in [0.4, 0.5) is 32.2 Å². The largest absolute Gasteiger partial charge is 0.459 e. The van der Waals surface area contributed by atoms with Crippen molar-refractivity contribution in [3.05, 3.63) is 64.3 Å². The summed E-state index contributed by atoms with van der Waals surface area (Å²) in [5.74, 6) is -0.322. The first-order valence-corrected chi connectivity index (χ1v) is 10.5. The Morgan fingerprint density at radius 2 is 1.59 bits per heavy atom. The molecule has 1 aromatic carbocycles. The quantitative estimate of drug-likeness (QED) is 0.317. The zero-order chi connectivity index (χ0) is 24.7. The fourth-order valence-corrected chi connectivity index (χ4v) is 3.78. The smallest absolute Gasteiger partial charge is 0.433 e. The van der Waals surface area contributed by atoms with Gasteiger partial charge in [0, 0.05) is 36.3 Å². The summed E-state index contributed by atoms with van der Waals surface area (Å²) in [5, 5.41) is -0.0389. The molecule has 180 valence electrons. The van der Waals surface area contributed by atoms with Crippen LogP contribution in [0.25, 0.3) is 11.0 Å². The van der Waals surface area contributed by atoms with Crippen LogP contribution >= 0.6 is 11.6 Å². The minimum Gasteiger partial charge on any atom is -0.459 e. The minimum absolute atomic E-state index is 0.00971. The molecule has 1 aliphatic heterocycles. The fraction of sp³-hybridized carbons (Fsp3) is 0.318. The number of carbonyl (C=O) groups is 1. The molecule has 5 nitrogen and oxygen atoms in total. The summed E-state index contributed by atoms with van der Waals surface area (Å²) in [7, 11) is 0. The van der Waals surface area contributed by atoms with E-state index in [0.717, 1.165) is 6.07 Å². The normalized spacial score (nSPS) is 15.6. The zero-order valence-electron chi connectivity index (χ0n) is 17.3. The van der Waals surface area contributed by atoms with E-state index >= 15 is 0 Å². The Balaban J connectivity index is 1.51. The Morgan fingerprint density at radius 1 is 0.941 bits per heavy atom. The average Bonchev–Trinajstić information content (AvgIpc) is 2.77. The summed E-state index contributed by atoms with van der Waals surface area (Å²) in [6, 6.07) is 8.58. The third-order valence-electron chi connectivity index (χ3n) is 5.37. The number of aromatic nitrogens is 2. The minimum atomic E-state index is -5.06. The van der Waals surface area contributed by atoms with E-state index in [1.807, 2.05) is 0 Å². The maximum atomic E-state index is 13.3. The molecule has 1 fully saturated rings. The molecular formula is C22H16ClF6N3O2. The fourth-order valence-electron chi connectivity index (χ4n) is 3.66. The van der Waals surface area contributed by atoms with Crippen LogP contribution in [0.5, 0.6) is 0 Å². The lowest BCUT2D eigenvalue weighted by molar-refractivity contribution is -0.144. The summed E-state index contributed by atoms with van der Waals surface area (Å²) in [6.45, 7) is 0.671. The molecule has 12 heteroatoms. The van der Waals surface area contributed by atoms with E-state index in [4.69, 9.17) is 16.3 Å². The van der Waals surface area contributed by atoms with Crippen LogP contribution in [0, 0.1) is 0 Å². The molecule has 0 amide bonds. The second-order valence-corrected chi connectivity index (χ2v) is 8.13. The molecule has 1 saturated heterocycles. The van der Waals surface area contributed by atoms with E-state index in [9.17, 15) is 31.1 Å². The van der Waals surface area contributed by atoms with Crippen LogP contribution in [-0.2, 0) is 17.1 Å². The van der Waals surface area contributed by atoms with Gasteiger partial charge in [-0.1, -0.05) is 11.6 Å². The van der Waals surface area contributed by atoms with Crippen molar-refractivity contribution in [2.24, 2.45) is 0 Å². The number of alkyl halides is 6. The molecule has 3 heterocycles. The van der Waals surface area contributed by atoms with Crippen molar-refractivity contribution in [3.8, 4) is 0 Å². The van der Waals surface area contributed by atoms with Gasteiger partial charge >= 0.3 is 18.3 Å². The Hall–Kier alpha value is -3.08. The van der Waals surface area contributed by atoms with E-state index in [-0.39, 0.29) is 11.9 Å². The SMILES string of the molecule is O=C(OC1CCN(c2ccc3c(C(F)(F)F)cc(C(F)(F)F)nc3n2)CC1)c1ccc(Cl)cc1. The first kappa shape index (κ1) is 24.1. The Labute approximate surface area is 194 Å². The summed E-state index contributed by atoms with van der Waals surface area (Å²) < 4.78 is 84.9. The number of hydrogen-bond acceptors (Lipinski definition) is 5. The maximum absolute atomic E-state index is 13.3. The number of benzene rings is 1. The van der Waals surface area contributed by atoms with Gasteiger partial charge in [0.05, 0.1) is 11.1 Å². The molecule has 3 aromatic rings. The van der Waals surface area contributed by atoms with Gasteiger partial charge in [0.1, 0.15) is 17.6 Å².